The van der Waals surface area contributed by atoms with Crippen LogP contribution in [0.15, 0.2) is 54.0 Å². The molecule has 8 heteroatoms. The molecular weight excluding hydrogens is 352 g/mol. The van der Waals surface area contributed by atoms with Crippen LogP contribution in [0.4, 0.5) is 5.69 Å². The van der Waals surface area contributed by atoms with Gasteiger partial charge in [0.2, 0.25) is 0 Å². The van der Waals surface area contributed by atoms with Crippen LogP contribution in [0.5, 0.6) is 0 Å². The molecule has 0 saturated carbocycles. The fraction of sp³-hybridized carbons (Fsp3) is 0.150. The van der Waals surface area contributed by atoms with Gasteiger partial charge in [-0.15, -0.1) is 0 Å². The summed E-state index contributed by atoms with van der Waals surface area (Å²) in [6.45, 7) is 4.86. The molecule has 2 aromatic heterocycles. The molecule has 136 valence electrons. The van der Waals surface area contributed by atoms with Crippen LogP contribution >= 0.6 is 0 Å². The Morgan fingerprint density at radius 2 is 1.79 bits per heavy atom. The number of hydrogen-bond donors (Lipinski definition) is 1. The molecule has 3 rings (SSSR count). The van der Waals surface area contributed by atoms with Gasteiger partial charge in [-0.3, -0.25) is 4.68 Å². The molecule has 0 saturated heterocycles. The number of hydrogen-bond acceptors (Lipinski definition) is 6. The second-order valence-electron chi connectivity index (χ2n) is 5.86. The summed E-state index contributed by atoms with van der Waals surface area (Å²) in [5.41, 5.74) is 3.98. The van der Waals surface area contributed by atoms with Gasteiger partial charge >= 0.3 is 0 Å². The van der Waals surface area contributed by atoms with Crippen LogP contribution in [0.3, 0.4) is 0 Å². The van der Waals surface area contributed by atoms with Crippen molar-refractivity contribution in [2.24, 2.45) is 0 Å². The first kappa shape index (κ1) is 18.4. The SMILES string of the molecule is CCn1ncc(-c2ccn(-c3ccc(NC(C#N)=C(C#N)C#N)cc3)n2)c1C. The van der Waals surface area contributed by atoms with E-state index < -0.39 is 0 Å². The predicted octanol–water partition coefficient (Wildman–Crippen LogP) is 3.30. The molecule has 0 atom stereocenters. The highest BCUT2D eigenvalue weighted by molar-refractivity contribution is 5.62. The Morgan fingerprint density at radius 1 is 1.07 bits per heavy atom. The van der Waals surface area contributed by atoms with Gasteiger partial charge in [-0.05, 0) is 44.2 Å². The number of benzene rings is 1. The molecule has 2 heterocycles. The Hall–Kier alpha value is -4.35. The highest BCUT2D eigenvalue weighted by Gasteiger charge is 2.11. The molecule has 3 aromatic rings. The third-order valence-corrected chi connectivity index (χ3v) is 4.25. The molecule has 0 spiro atoms. The second-order valence-corrected chi connectivity index (χ2v) is 5.86. The van der Waals surface area contributed by atoms with E-state index in [1.54, 1.807) is 29.0 Å². The van der Waals surface area contributed by atoms with Crippen molar-refractivity contribution in [3.8, 4) is 35.2 Å². The summed E-state index contributed by atoms with van der Waals surface area (Å²) >= 11 is 0. The van der Waals surface area contributed by atoms with E-state index in [0.717, 1.165) is 29.2 Å². The van der Waals surface area contributed by atoms with Gasteiger partial charge < -0.3 is 5.32 Å². The largest absolute Gasteiger partial charge is 0.345 e. The molecule has 1 aromatic carbocycles. The average molecular weight is 368 g/mol. The van der Waals surface area contributed by atoms with Gasteiger partial charge in [0.1, 0.15) is 23.9 Å². The van der Waals surface area contributed by atoms with Crippen LogP contribution in [0.2, 0.25) is 0 Å². The maximum absolute atomic E-state index is 9.11. The van der Waals surface area contributed by atoms with E-state index in [1.165, 1.54) is 0 Å². The molecule has 0 fully saturated rings. The third-order valence-electron chi connectivity index (χ3n) is 4.25. The lowest BCUT2D eigenvalue weighted by atomic mass is 10.2. The summed E-state index contributed by atoms with van der Waals surface area (Å²) in [5.74, 6) is 0. The zero-order valence-electron chi connectivity index (χ0n) is 15.4. The third kappa shape index (κ3) is 3.46. The zero-order valence-corrected chi connectivity index (χ0v) is 15.4. The van der Waals surface area contributed by atoms with Crippen molar-refractivity contribution < 1.29 is 0 Å². The van der Waals surface area contributed by atoms with Gasteiger partial charge in [0.25, 0.3) is 0 Å². The summed E-state index contributed by atoms with van der Waals surface area (Å²) in [4.78, 5) is 0. The Bertz CT molecular complexity index is 1140. The van der Waals surface area contributed by atoms with Crippen molar-refractivity contribution in [3.05, 3.63) is 59.7 Å². The number of rotatable bonds is 5. The Labute approximate surface area is 162 Å². The van der Waals surface area contributed by atoms with Crippen molar-refractivity contribution >= 4 is 5.69 Å². The summed E-state index contributed by atoms with van der Waals surface area (Å²) in [6.07, 6.45) is 3.68. The maximum atomic E-state index is 9.11. The van der Waals surface area contributed by atoms with Crippen molar-refractivity contribution in [2.75, 3.05) is 5.32 Å². The highest BCUT2D eigenvalue weighted by Crippen LogP contribution is 2.23. The Kier molecular flexibility index (Phi) is 5.21. The zero-order chi connectivity index (χ0) is 20.1. The summed E-state index contributed by atoms with van der Waals surface area (Å²) in [6, 6.07) is 14.3. The van der Waals surface area contributed by atoms with Gasteiger partial charge in [-0.1, -0.05) is 0 Å². The number of nitrogens with zero attached hydrogens (tertiary/aromatic N) is 7. The van der Waals surface area contributed by atoms with Crippen LogP contribution < -0.4 is 5.32 Å². The first-order valence-corrected chi connectivity index (χ1v) is 8.51. The molecule has 0 amide bonds. The molecule has 0 unspecified atom stereocenters. The lowest BCUT2D eigenvalue weighted by molar-refractivity contribution is 0.640. The Balaban J connectivity index is 1.83. The monoisotopic (exact) mass is 368 g/mol. The molecule has 0 bridgehead atoms. The van der Waals surface area contributed by atoms with Gasteiger partial charge in [0.05, 0.1) is 17.6 Å². The standard InChI is InChI=1S/C20H16N8/c1-3-27-14(2)18(13-24-27)19-8-9-28(26-19)17-6-4-16(5-7-17)25-20(12-23)15(10-21)11-22/h4-9,13,25H,3H2,1-2H3. The van der Waals surface area contributed by atoms with Crippen molar-refractivity contribution in [1.82, 2.24) is 19.6 Å². The lowest BCUT2D eigenvalue weighted by Gasteiger charge is -2.06. The van der Waals surface area contributed by atoms with Crippen molar-refractivity contribution in [2.45, 2.75) is 20.4 Å². The van der Waals surface area contributed by atoms with Crippen LogP contribution in [0, 0.1) is 40.9 Å². The molecule has 0 aliphatic heterocycles. The molecule has 28 heavy (non-hydrogen) atoms. The van der Waals surface area contributed by atoms with Gasteiger partial charge in [-0.2, -0.15) is 26.0 Å². The van der Waals surface area contributed by atoms with Crippen LogP contribution in [0.1, 0.15) is 12.6 Å². The Morgan fingerprint density at radius 3 is 2.36 bits per heavy atom. The van der Waals surface area contributed by atoms with Crippen LogP contribution in [-0.4, -0.2) is 19.6 Å². The number of aryl methyl sites for hydroxylation is 1. The number of nitrogens with one attached hydrogen (secondary N) is 1. The first-order valence-electron chi connectivity index (χ1n) is 8.51. The van der Waals surface area contributed by atoms with E-state index >= 15 is 0 Å². The van der Waals surface area contributed by atoms with Crippen molar-refractivity contribution in [1.29, 1.82) is 15.8 Å². The van der Waals surface area contributed by atoms with Crippen molar-refractivity contribution in [3.63, 3.8) is 0 Å². The predicted molar refractivity (Wildman–Crippen MR) is 103 cm³/mol. The molecule has 8 nitrogen and oxygen atoms in total. The first-order chi connectivity index (χ1) is 13.6. The quantitative estimate of drug-likeness (QED) is 0.690. The number of anilines is 1. The van der Waals surface area contributed by atoms with E-state index in [9.17, 15) is 0 Å². The minimum atomic E-state index is -0.258. The molecular formula is C20H16N8. The van der Waals surface area contributed by atoms with Gasteiger partial charge in [0.15, 0.2) is 5.57 Å². The minimum absolute atomic E-state index is 0.0810. The number of nitriles is 3. The normalized spacial score (nSPS) is 9.82. The number of allylic oxidation sites excluding steroid dienone is 2. The van der Waals surface area contributed by atoms with Gasteiger partial charge in [-0.25, -0.2) is 4.68 Å². The van der Waals surface area contributed by atoms with Crippen LogP contribution in [0.25, 0.3) is 16.9 Å². The smallest absolute Gasteiger partial charge is 0.163 e. The topological polar surface area (TPSA) is 119 Å². The molecule has 0 aliphatic carbocycles. The molecule has 0 radical (unpaired) electrons. The van der Waals surface area contributed by atoms with Crippen LogP contribution in [-0.2, 0) is 6.54 Å². The number of aromatic nitrogens is 4. The van der Waals surface area contributed by atoms with E-state index in [2.05, 4.69) is 15.5 Å². The summed E-state index contributed by atoms with van der Waals surface area (Å²) < 4.78 is 3.67. The van der Waals surface area contributed by atoms with Gasteiger partial charge in [0, 0.05) is 29.7 Å². The average Bonchev–Trinajstić information content (AvgIpc) is 3.35. The minimum Gasteiger partial charge on any atom is -0.345 e. The highest BCUT2D eigenvalue weighted by atomic mass is 15.3. The molecule has 1 N–H and O–H groups in total. The summed E-state index contributed by atoms with van der Waals surface area (Å²) in [5, 5.41) is 38.7. The lowest BCUT2D eigenvalue weighted by Crippen LogP contribution is -2.01. The fourth-order valence-electron chi connectivity index (χ4n) is 2.75. The summed E-state index contributed by atoms with van der Waals surface area (Å²) in [7, 11) is 0. The van der Waals surface area contributed by atoms with E-state index in [4.69, 9.17) is 15.8 Å². The van der Waals surface area contributed by atoms with E-state index in [1.807, 2.05) is 55.2 Å². The fourth-order valence-corrected chi connectivity index (χ4v) is 2.75. The second kappa shape index (κ2) is 7.90. The molecule has 0 aliphatic rings. The van der Waals surface area contributed by atoms with E-state index in [0.29, 0.717) is 5.69 Å². The maximum Gasteiger partial charge on any atom is 0.163 e. The van der Waals surface area contributed by atoms with E-state index in [-0.39, 0.29) is 11.3 Å².